The van der Waals surface area contributed by atoms with Crippen LogP contribution in [-0.4, -0.2) is 35.4 Å². The predicted molar refractivity (Wildman–Crippen MR) is 89.5 cm³/mol. The van der Waals surface area contributed by atoms with Crippen LogP contribution in [0.2, 0.25) is 0 Å². The number of likely N-dealkylation sites (N-methyl/N-ethyl adjacent to an activating group) is 1. The molecule has 1 aromatic heterocycles. The van der Waals surface area contributed by atoms with Crippen LogP contribution in [0.3, 0.4) is 0 Å². The number of carbonyl (C=O) groups excluding carboxylic acids is 1. The van der Waals surface area contributed by atoms with Crippen LogP contribution in [0.5, 0.6) is 0 Å². The van der Waals surface area contributed by atoms with E-state index in [2.05, 4.69) is 10.3 Å². The maximum absolute atomic E-state index is 12.3. The summed E-state index contributed by atoms with van der Waals surface area (Å²) in [4.78, 5) is 18.6. The molecule has 0 aliphatic rings. The fourth-order valence-electron chi connectivity index (χ4n) is 2.04. The molecule has 1 amide bonds. The zero-order valence-corrected chi connectivity index (χ0v) is 13.0. The smallest absolute Gasteiger partial charge is 0.241 e. The maximum atomic E-state index is 12.3. The van der Waals surface area contributed by atoms with E-state index in [0.717, 1.165) is 24.3 Å². The number of nitrogen functional groups attached to an aromatic ring is 1. The highest BCUT2D eigenvalue weighted by atomic mass is 16.2. The van der Waals surface area contributed by atoms with Gasteiger partial charge in [-0.2, -0.15) is 0 Å². The highest BCUT2D eigenvalue weighted by molar-refractivity contribution is 5.94. The van der Waals surface area contributed by atoms with Crippen LogP contribution >= 0.6 is 0 Å². The van der Waals surface area contributed by atoms with E-state index in [9.17, 15) is 4.79 Å². The number of nitrogens with zero attached hydrogens (tertiary/aromatic N) is 2. The Kier molecular flexibility index (Phi) is 5.49. The van der Waals surface area contributed by atoms with Crippen molar-refractivity contribution in [3.63, 3.8) is 0 Å². The second-order valence-electron chi connectivity index (χ2n) is 5.34. The molecular weight excluding hydrogens is 276 g/mol. The highest BCUT2D eigenvalue weighted by Gasteiger charge is 2.17. The lowest BCUT2D eigenvalue weighted by molar-refractivity contribution is -0.120. The summed E-state index contributed by atoms with van der Waals surface area (Å²) in [5.74, 6) is -0.0340. The van der Waals surface area contributed by atoms with Crippen molar-refractivity contribution in [1.82, 2.24) is 9.88 Å². The molecule has 2 aromatic rings. The Labute approximate surface area is 131 Å². The van der Waals surface area contributed by atoms with E-state index in [1.807, 2.05) is 37.1 Å². The number of amides is 1. The minimum atomic E-state index is -0.221. The van der Waals surface area contributed by atoms with Crippen LogP contribution in [0.25, 0.3) is 0 Å². The van der Waals surface area contributed by atoms with E-state index in [0.29, 0.717) is 5.69 Å². The third-order valence-electron chi connectivity index (χ3n) is 3.67. The molecule has 0 saturated carbocycles. The van der Waals surface area contributed by atoms with Gasteiger partial charge in [-0.3, -0.25) is 14.7 Å². The van der Waals surface area contributed by atoms with Gasteiger partial charge in [0.25, 0.3) is 0 Å². The minimum Gasteiger partial charge on any atom is -0.399 e. The van der Waals surface area contributed by atoms with Crippen molar-refractivity contribution in [2.24, 2.45) is 0 Å². The summed E-state index contributed by atoms with van der Waals surface area (Å²) in [6, 6.07) is 12.8. The molecule has 5 heteroatoms. The number of anilines is 2. The van der Waals surface area contributed by atoms with Gasteiger partial charge in [0.15, 0.2) is 0 Å². The number of hydrogen-bond donors (Lipinski definition) is 2. The maximum Gasteiger partial charge on any atom is 0.241 e. The van der Waals surface area contributed by atoms with Crippen LogP contribution < -0.4 is 11.1 Å². The Morgan fingerprint density at radius 2 is 2.00 bits per heavy atom. The summed E-state index contributed by atoms with van der Waals surface area (Å²) >= 11 is 0. The molecule has 1 atom stereocenters. The fourth-order valence-corrected chi connectivity index (χ4v) is 2.04. The van der Waals surface area contributed by atoms with Gasteiger partial charge in [-0.15, -0.1) is 0 Å². The van der Waals surface area contributed by atoms with Gasteiger partial charge < -0.3 is 11.1 Å². The number of carbonyl (C=O) groups is 1. The Balaban J connectivity index is 1.85. The van der Waals surface area contributed by atoms with Gasteiger partial charge in [-0.25, -0.2) is 0 Å². The van der Waals surface area contributed by atoms with Gasteiger partial charge in [-0.1, -0.05) is 6.07 Å². The Bertz CT molecular complexity index is 598. The third-order valence-corrected chi connectivity index (χ3v) is 3.67. The van der Waals surface area contributed by atoms with Crippen molar-refractivity contribution in [2.75, 3.05) is 24.6 Å². The zero-order valence-electron chi connectivity index (χ0n) is 13.0. The molecule has 0 aliphatic carbocycles. The average molecular weight is 298 g/mol. The number of rotatable bonds is 6. The van der Waals surface area contributed by atoms with E-state index in [-0.39, 0.29) is 11.9 Å². The first kappa shape index (κ1) is 16.0. The topological polar surface area (TPSA) is 71.2 Å². The Hall–Kier alpha value is -2.40. The van der Waals surface area contributed by atoms with Gasteiger partial charge in [0.1, 0.15) is 0 Å². The molecule has 1 unspecified atom stereocenters. The molecule has 3 N–H and O–H groups in total. The van der Waals surface area contributed by atoms with Crippen LogP contribution in [0.1, 0.15) is 12.6 Å². The molecule has 116 valence electrons. The highest BCUT2D eigenvalue weighted by Crippen LogP contribution is 2.11. The number of nitrogens with one attached hydrogen (secondary N) is 1. The van der Waals surface area contributed by atoms with Crippen molar-refractivity contribution in [3.05, 3.63) is 54.4 Å². The van der Waals surface area contributed by atoms with Crippen molar-refractivity contribution in [1.29, 1.82) is 0 Å². The fraction of sp³-hybridized carbons (Fsp3) is 0.294. The van der Waals surface area contributed by atoms with E-state index in [1.165, 1.54) is 0 Å². The van der Waals surface area contributed by atoms with Crippen LogP contribution in [0.4, 0.5) is 11.4 Å². The average Bonchev–Trinajstić information content (AvgIpc) is 2.55. The standard InChI is InChI=1S/C17H22N4O/c1-13(17(22)20-16-8-6-14(18)7-9-16)21(2)12-10-15-5-3-4-11-19-15/h3-9,11,13H,10,12,18H2,1-2H3,(H,20,22). The number of benzene rings is 1. The summed E-state index contributed by atoms with van der Waals surface area (Å²) in [7, 11) is 1.94. The monoisotopic (exact) mass is 298 g/mol. The lowest BCUT2D eigenvalue weighted by Crippen LogP contribution is -2.40. The molecule has 0 aliphatic heterocycles. The van der Waals surface area contributed by atoms with Crippen molar-refractivity contribution >= 4 is 17.3 Å². The van der Waals surface area contributed by atoms with Crippen molar-refractivity contribution < 1.29 is 4.79 Å². The molecule has 22 heavy (non-hydrogen) atoms. The number of pyridine rings is 1. The predicted octanol–water partition coefficient (Wildman–Crippen LogP) is 2.17. The molecule has 0 spiro atoms. The molecule has 5 nitrogen and oxygen atoms in total. The number of nitrogens with two attached hydrogens (primary N) is 1. The van der Waals surface area contributed by atoms with E-state index in [1.54, 1.807) is 30.5 Å². The SMILES string of the molecule is CC(C(=O)Nc1ccc(N)cc1)N(C)CCc1ccccn1. The van der Waals surface area contributed by atoms with Crippen LogP contribution in [0.15, 0.2) is 48.7 Å². The molecule has 0 bridgehead atoms. The first-order valence-corrected chi connectivity index (χ1v) is 7.33. The number of hydrogen-bond acceptors (Lipinski definition) is 4. The molecule has 0 fully saturated rings. The van der Waals surface area contributed by atoms with Gasteiger partial charge in [0.2, 0.25) is 5.91 Å². The Morgan fingerprint density at radius 3 is 2.64 bits per heavy atom. The minimum absolute atomic E-state index is 0.0340. The van der Waals surface area contributed by atoms with E-state index >= 15 is 0 Å². The summed E-state index contributed by atoms with van der Waals surface area (Å²) in [6.07, 6.45) is 2.60. The number of aromatic nitrogens is 1. The van der Waals surface area contributed by atoms with Crippen molar-refractivity contribution in [2.45, 2.75) is 19.4 Å². The van der Waals surface area contributed by atoms with Gasteiger partial charge in [0.05, 0.1) is 6.04 Å². The first-order valence-electron chi connectivity index (χ1n) is 7.33. The van der Waals surface area contributed by atoms with Crippen molar-refractivity contribution in [3.8, 4) is 0 Å². The molecule has 0 saturated heterocycles. The molecule has 1 aromatic carbocycles. The second kappa shape index (κ2) is 7.56. The van der Waals surface area contributed by atoms with E-state index in [4.69, 9.17) is 5.73 Å². The molecule has 0 radical (unpaired) electrons. The third kappa shape index (κ3) is 4.56. The normalized spacial score (nSPS) is 12.1. The first-order chi connectivity index (χ1) is 10.6. The zero-order chi connectivity index (χ0) is 15.9. The largest absolute Gasteiger partial charge is 0.399 e. The van der Waals surface area contributed by atoms with Gasteiger partial charge in [-0.05, 0) is 50.4 Å². The van der Waals surface area contributed by atoms with Gasteiger partial charge in [0, 0.05) is 36.2 Å². The van der Waals surface area contributed by atoms with Gasteiger partial charge >= 0.3 is 0 Å². The summed E-state index contributed by atoms with van der Waals surface area (Å²) < 4.78 is 0. The molecular formula is C17H22N4O. The summed E-state index contributed by atoms with van der Waals surface area (Å²) in [5, 5.41) is 2.90. The Morgan fingerprint density at radius 1 is 1.27 bits per heavy atom. The van der Waals surface area contributed by atoms with Crippen LogP contribution in [-0.2, 0) is 11.2 Å². The molecule has 2 rings (SSSR count). The lowest BCUT2D eigenvalue weighted by Gasteiger charge is -2.23. The van der Waals surface area contributed by atoms with E-state index < -0.39 is 0 Å². The van der Waals surface area contributed by atoms with Crippen LogP contribution in [0, 0.1) is 0 Å². The molecule has 1 heterocycles. The quantitative estimate of drug-likeness (QED) is 0.802. The lowest BCUT2D eigenvalue weighted by atomic mass is 10.2. The summed E-state index contributed by atoms with van der Waals surface area (Å²) in [6.45, 7) is 2.67. The summed E-state index contributed by atoms with van der Waals surface area (Å²) in [5.41, 5.74) is 8.09. The second-order valence-corrected chi connectivity index (χ2v) is 5.34.